The zero-order valence-corrected chi connectivity index (χ0v) is 11.1. The fourth-order valence-corrected chi connectivity index (χ4v) is 2.12. The molecule has 0 aromatic carbocycles. The Kier molecular flexibility index (Phi) is 6.18. The average molecular weight is 256 g/mol. The van der Waals surface area contributed by atoms with Crippen LogP contribution in [-0.4, -0.2) is 30.1 Å². The minimum absolute atomic E-state index is 0.0394. The second-order valence-electron chi connectivity index (χ2n) is 4.25. The summed E-state index contributed by atoms with van der Waals surface area (Å²) < 4.78 is 0. The fraction of sp³-hybridized carbons (Fsp3) is 0.583. The molecule has 1 atom stereocenters. The van der Waals surface area contributed by atoms with E-state index in [9.17, 15) is 9.90 Å². The van der Waals surface area contributed by atoms with Gasteiger partial charge in [-0.05, 0) is 36.2 Å². The summed E-state index contributed by atoms with van der Waals surface area (Å²) in [7, 11) is 0. The lowest BCUT2D eigenvalue weighted by atomic mass is 10.2. The number of aliphatic hydroxyl groups excluding tert-OH is 1. The largest absolute Gasteiger partial charge is 0.387 e. The first kappa shape index (κ1) is 14.2. The predicted molar refractivity (Wildman–Crippen MR) is 70.0 cm³/mol. The second kappa shape index (κ2) is 7.42. The fourth-order valence-electron chi connectivity index (χ4n) is 1.42. The molecule has 0 saturated carbocycles. The molecular formula is C12H20N2O2S. The van der Waals surface area contributed by atoms with Gasteiger partial charge < -0.3 is 15.7 Å². The Morgan fingerprint density at radius 2 is 2.29 bits per heavy atom. The lowest BCUT2D eigenvalue weighted by Crippen LogP contribution is -2.33. The Hall–Kier alpha value is -0.910. The van der Waals surface area contributed by atoms with Crippen molar-refractivity contribution in [1.82, 2.24) is 10.6 Å². The number of aliphatic hydroxyl groups is 1. The van der Waals surface area contributed by atoms with Crippen molar-refractivity contribution in [1.29, 1.82) is 0 Å². The standard InChI is InChI=1S/C12H20N2O2S/c1-9(2)14-12(16)3-5-13-7-11(15)10-4-6-17-8-10/h4,6,8-9,11,13,15H,3,5,7H2,1-2H3,(H,14,16). The van der Waals surface area contributed by atoms with E-state index in [2.05, 4.69) is 10.6 Å². The maximum Gasteiger partial charge on any atom is 0.221 e. The molecular weight excluding hydrogens is 236 g/mol. The number of nitrogens with one attached hydrogen (secondary N) is 2. The molecule has 3 N–H and O–H groups in total. The van der Waals surface area contributed by atoms with Crippen LogP contribution in [-0.2, 0) is 4.79 Å². The number of rotatable bonds is 7. The summed E-state index contributed by atoms with van der Waals surface area (Å²) in [6, 6.07) is 2.08. The van der Waals surface area contributed by atoms with Gasteiger partial charge in [0, 0.05) is 25.6 Å². The van der Waals surface area contributed by atoms with Crippen LogP contribution in [0.3, 0.4) is 0 Å². The van der Waals surface area contributed by atoms with E-state index < -0.39 is 6.10 Å². The van der Waals surface area contributed by atoms with Gasteiger partial charge in [0.25, 0.3) is 0 Å². The summed E-state index contributed by atoms with van der Waals surface area (Å²) in [4.78, 5) is 11.3. The lowest BCUT2D eigenvalue weighted by molar-refractivity contribution is -0.121. The van der Waals surface area contributed by atoms with Crippen LogP contribution in [0.4, 0.5) is 0 Å². The van der Waals surface area contributed by atoms with Gasteiger partial charge in [-0.2, -0.15) is 11.3 Å². The van der Waals surface area contributed by atoms with Gasteiger partial charge >= 0.3 is 0 Å². The molecule has 1 amide bonds. The summed E-state index contributed by atoms with van der Waals surface area (Å²) in [5.74, 6) is 0.0394. The van der Waals surface area contributed by atoms with E-state index >= 15 is 0 Å². The third-order valence-electron chi connectivity index (χ3n) is 2.24. The first-order valence-corrected chi connectivity index (χ1v) is 6.74. The molecule has 0 aliphatic heterocycles. The van der Waals surface area contributed by atoms with Gasteiger partial charge in [0.1, 0.15) is 0 Å². The monoisotopic (exact) mass is 256 g/mol. The van der Waals surface area contributed by atoms with Crippen LogP contribution in [0.5, 0.6) is 0 Å². The van der Waals surface area contributed by atoms with Gasteiger partial charge in [-0.25, -0.2) is 0 Å². The summed E-state index contributed by atoms with van der Waals surface area (Å²) in [6.07, 6.45) is -0.0523. The Labute approximate surface area is 106 Å². The van der Waals surface area contributed by atoms with Crippen molar-refractivity contribution in [2.45, 2.75) is 32.4 Å². The van der Waals surface area contributed by atoms with E-state index in [0.717, 1.165) is 5.56 Å². The molecule has 1 aromatic heterocycles. The number of thiophene rings is 1. The van der Waals surface area contributed by atoms with Gasteiger partial charge in [-0.3, -0.25) is 4.79 Å². The van der Waals surface area contributed by atoms with Crippen molar-refractivity contribution in [2.24, 2.45) is 0 Å². The first-order chi connectivity index (χ1) is 8.09. The third-order valence-corrected chi connectivity index (χ3v) is 2.95. The Balaban J connectivity index is 2.10. The lowest BCUT2D eigenvalue weighted by Gasteiger charge is -2.11. The highest BCUT2D eigenvalue weighted by atomic mass is 32.1. The minimum atomic E-state index is -0.491. The predicted octanol–water partition coefficient (Wildman–Crippen LogP) is 1.29. The number of hydrogen-bond acceptors (Lipinski definition) is 4. The third kappa shape index (κ3) is 5.81. The molecule has 1 rings (SSSR count). The summed E-state index contributed by atoms with van der Waals surface area (Å²) >= 11 is 1.57. The topological polar surface area (TPSA) is 61.4 Å². The van der Waals surface area contributed by atoms with Crippen LogP contribution < -0.4 is 10.6 Å². The molecule has 1 unspecified atom stereocenters. The summed E-state index contributed by atoms with van der Waals surface area (Å²) in [5.41, 5.74) is 0.925. The molecule has 5 heteroatoms. The number of hydrogen-bond donors (Lipinski definition) is 3. The average Bonchev–Trinajstić information content (AvgIpc) is 2.76. The molecule has 0 radical (unpaired) electrons. The van der Waals surface area contributed by atoms with E-state index in [1.165, 1.54) is 0 Å². The molecule has 96 valence electrons. The Morgan fingerprint density at radius 3 is 2.88 bits per heavy atom. The van der Waals surface area contributed by atoms with Crippen molar-refractivity contribution in [3.05, 3.63) is 22.4 Å². The molecule has 0 aliphatic rings. The van der Waals surface area contributed by atoms with Crippen molar-refractivity contribution in [3.8, 4) is 0 Å². The zero-order valence-electron chi connectivity index (χ0n) is 10.3. The maximum atomic E-state index is 11.3. The van der Waals surface area contributed by atoms with E-state index in [-0.39, 0.29) is 11.9 Å². The van der Waals surface area contributed by atoms with Crippen LogP contribution in [0.1, 0.15) is 31.9 Å². The molecule has 0 aliphatic carbocycles. The van der Waals surface area contributed by atoms with E-state index in [1.807, 2.05) is 30.7 Å². The first-order valence-electron chi connectivity index (χ1n) is 5.80. The maximum absolute atomic E-state index is 11.3. The SMILES string of the molecule is CC(C)NC(=O)CCNCC(O)c1ccsc1. The summed E-state index contributed by atoms with van der Waals surface area (Å²) in [6.45, 7) is 4.93. The summed E-state index contributed by atoms with van der Waals surface area (Å²) in [5, 5.41) is 19.5. The van der Waals surface area contributed by atoms with Crippen LogP contribution in [0.15, 0.2) is 16.8 Å². The van der Waals surface area contributed by atoms with Gasteiger partial charge in [-0.15, -0.1) is 0 Å². The molecule has 0 saturated heterocycles. The van der Waals surface area contributed by atoms with E-state index in [4.69, 9.17) is 0 Å². The van der Waals surface area contributed by atoms with Gasteiger partial charge in [-0.1, -0.05) is 0 Å². The molecule has 0 bridgehead atoms. The van der Waals surface area contributed by atoms with E-state index in [0.29, 0.717) is 19.5 Å². The Bertz CT molecular complexity index is 325. The van der Waals surface area contributed by atoms with Gasteiger partial charge in [0.05, 0.1) is 6.10 Å². The minimum Gasteiger partial charge on any atom is -0.387 e. The molecule has 0 spiro atoms. The molecule has 1 aromatic rings. The van der Waals surface area contributed by atoms with E-state index in [1.54, 1.807) is 11.3 Å². The van der Waals surface area contributed by atoms with Crippen LogP contribution in [0.2, 0.25) is 0 Å². The molecule has 4 nitrogen and oxygen atoms in total. The normalized spacial score (nSPS) is 12.7. The number of carbonyl (C=O) groups excluding carboxylic acids is 1. The quantitative estimate of drug-likeness (QED) is 0.644. The smallest absolute Gasteiger partial charge is 0.221 e. The highest BCUT2D eigenvalue weighted by molar-refractivity contribution is 7.07. The van der Waals surface area contributed by atoms with Crippen LogP contribution in [0, 0.1) is 0 Å². The highest BCUT2D eigenvalue weighted by Gasteiger charge is 2.07. The molecule has 0 fully saturated rings. The van der Waals surface area contributed by atoms with Crippen LogP contribution >= 0.6 is 11.3 Å². The zero-order chi connectivity index (χ0) is 12.7. The second-order valence-corrected chi connectivity index (χ2v) is 5.03. The molecule has 17 heavy (non-hydrogen) atoms. The van der Waals surface area contributed by atoms with Crippen molar-refractivity contribution in [3.63, 3.8) is 0 Å². The Morgan fingerprint density at radius 1 is 1.53 bits per heavy atom. The van der Waals surface area contributed by atoms with Crippen molar-refractivity contribution >= 4 is 17.2 Å². The molecule has 1 heterocycles. The van der Waals surface area contributed by atoms with Gasteiger partial charge in [0.15, 0.2) is 0 Å². The number of amides is 1. The number of carbonyl (C=O) groups is 1. The highest BCUT2D eigenvalue weighted by Crippen LogP contribution is 2.14. The van der Waals surface area contributed by atoms with Crippen LogP contribution in [0.25, 0.3) is 0 Å². The van der Waals surface area contributed by atoms with Gasteiger partial charge in [0.2, 0.25) is 5.91 Å². The van der Waals surface area contributed by atoms with Crippen molar-refractivity contribution in [2.75, 3.05) is 13.1 Å². The van der Waals surface area contributed by atoms with Crippen molar-refractivity contribution < 1.29 is 9.90 Å².